The van der Waals surface area contributed by atoms with Crippen LogP contribution in [0.2, 0.25) is 0 Å². The van der Waals surface area contributed by atoms with Gasteiger partial charge in [-0.05, 0) is 114 Å². The summed E-state index contributed by atoms with van der Waals surface area (Å²) < 4.78 is 0. The molecule has 0 aromatic rings. The van der Waals surface area contributed by atoms with Crippen LogP contribution in [0.3, 0.4) is 0 Å². The molecule has 0 aromatic carbocycles. The second-order valence-electron chi connectivity index (χ2n) is 15.2. The summed E-state index contributed by atoms with van der Waals surface area (Å²) >= 11 is 0. The highest BCUT2D eigenvalue weighted by atomic mass is 16.1. The summed E-state index contributed by atoms with van der Waals surface area (Å²) in [6.45, 7) is 20.6. The molecule has 0 amide bonds. The number of hydrogen-bond acceptors (Lipinski definition) is 1. The van der Waals surface area contributed by atoms with Crippen molar-refractivity contribution in [3.05, 3.63) is 0 Å². The topological polar surface area (TPSA) is 17.1 Å². The molecule has 0 spiro atoms. The van der Waals surface area contributed by atoms with Gasteiger partial charge in [-0.3, -0.25) is 4.79 Å². The Morgan fingerprint density at radius 3 is 2.06 bits per heavy atom. The van der Waals surface area contributed by atoms with Crippen LogP contribution < -0.4 is 0 Å². The van der Waals surface area contributed by atoms with Crippen LogP contribution in [0.5, 0.6) is 0 Å². The molecule has 1 heteroatoms. The molecular weight excluding hydrogens is 376 g/mol. The molecule has 176 valence electrons. The largest absolute Gasteiger partial charge is 0.299 e. The Hall–Kier alpha value is -0.330. The Kier molecular flexibility index (Phi) is 4.80. The average molecular weight is 427 g/mol. The summed E-state index contributed by atoms with van der Waals surface area (Å²) in [6.07, 6.45) is 13.3. The first-order valence-corrected chi connectivity index (χ1v) is 13.8. The molecule has 10 atom stereocenters. The first-order valence-electron chi connectivity index (χ1n) is 13.8. The van der Waals surface area contributed by atoms with Crippen molar-refractivity contribution in [1.82, 2.24) is 0 Å². The van der Waals surface area contributed by atoms with E-state index < -0.39 is 0 Å². The van der Waals surface area contributed by atoms with E-state index in [9.17, 15) is 4.79 Å². The minimum atomic E-state index is 0.236. The van der Waals surface area contributed by atoms with Crippen molar-refractivity contribution >= 4 is 5.78 Å². The van der Waals surface area contributed by atoms with Gasteiger partial charge in [-0.2, -0.15) is 0 Å². The second-order valence-corrected chi connectivity index (χ2v) is 15.2. The zero-order valence-electron chi connectivity index (χ0n) is 21.9. The molecule has 1 unspecified atom stereocenters. The van der Waals surface area contributed by atoms with Gasteiger partial charge in [0.15, 0.2) is 0 Å². The van der Waals surface area contributed by atoms with Crippen LogP contribution in [0.1, 0.15) is 120 Å². The number of Topliss-reactive ketones (excluding diaryl/α,β-unsaturated/α-hetero) is 1. The molecule has 0 bridgehead atoms. The van der Waals surface area contributed by atoms with Crippen LogP contribution in [0.4, 0.5) is 0 Å². The quantitative estimate of drug-likeness (QED) is 0.380. The van der Waals surface area contributed by atoms with Crippen LogP contribution in [-0.2, 0) is 4.79 Å². The molecule has 5 fully saturated rings. The minimum Gasteiger partial charge on any atom is -0.299 e. The minimum absolute atomic E-state index is 0.236. The zero-order chi connectivity index (χ0) is 22.6. The first kappa shape index (κ1) is 22.5. The third kappa shape index (κ3) is 2.89. The van der Waals surface area contributed by atoms with Crippen LogP contribution >= 0.6 is 0 Å². The number of fused-ring (bicyclic) bond motifs is 7. The lowest BCUT2D eigenvalue weighted by molar-refractivity contribution is -0.235. The molecule has 0 radical (unpaired) electrons. The summed E-state index contributed by atoms with van der Waals surface area (Å²) in [5.74, 6) is 5.04. The maximum atomic E-state index is 12.7. The van der Waals surface area contributed by atoms with Crippen LogP contribution in [0, 0.1) is 62.6 Å². The number of carbonyl (C=O) groups is 1. The molecule has 0 heterocycles. The molecule has 5 aliphatic rings. The van der Waals surface area contributed by atoms with E-state index in [1.54, 1.807) is 0 Å². The first-order chi connectivity index (χ1) is 14.3. The number of carbonyl (C=O) groups excluding carboxylic acids is 1. The Balaban J connectivity index is 1.54. The Morgan fingerprint density at radius 2 is 1.35 bits per heavy atom. The zero-order valence-corrected chi connectivity index (χ0v) is 21.9. The Morgan fingerprint density at radius 1 is 0.710 bits per heavy atom. The summed E-state index contributed by atoms with van der Waals surface area (Å²) in [5.41, 5.74) is 2.25. The van der Waals surface area contributed by atoms with E-state index in [0.717, 1.165) is 42.4 Å². The molecule has 1 nitrogen and oxygen atoms in total. The normalized spacial score (nSPS) is 58.5. The Bertz CT molecular complexity index is 766. The van der Waals surface area contributed by atoms with Crippen molar-refractivity contribution in [3.8, 4) is 0 Å². The van der Waals surface area contributed by atoms with Gasteiger partial charge in [-0.1, -0.05) is 55.4 Å². The lowest BCUT2D eigenvalue weighted by atomic mass is 9.32. The predicted octanol–water partition coefficient (Wildman–Crippen LogP) is 8.31. The summed E-state index contributed by atoms with van der Waals surface area (Å²) in [7, 11) is 0. The smallest absolute Gasteiger partial charge is 0.136 e. The van der Waals surface area contributed by atoms with Crippen molar-refractivity contribution in [2.24, 2.45) is 62.6 Å². The lowest BCUT2D eigenvalue weighted by Gasteiger charge is -2.72. The Labute approximate surface area is 192 Å². The predicted molar refractivity (Wildman–Crippen MR) is 130 cm³/mol. The second kappa shape index (κ2) is 6.63. The van der Waals surface area contributed by atoms with Crippen molar-refractivity contribution in [2.45, 2.75) is 120 Å². The van der Waals surface area contributed by atoms with Gasteiger partial charge in [0.05, 0.1) is 0 Å². The highest BCUT2D eigenvalue weighted by Crippen LogP contribution is 2.75. The van der Waals surface area contributed by atoms with Crippen molar-refractivity contribution in [1.29, 1.82) is 0 Å². The average Bonchev–Trinajstić information content (AvgIpc) is 2.66. The molecular formula is C30H50O. The number of rotatable bonds is 0. The fraction of sp³-hybridized carbons (Fsp3) is 0.967. The van der Waals surface area contributed by atoms with Gasteiger partial charge < -0.3 is 0 Å². The van der Waals surface area contributed by atoms with Gasteiger partial charge in [0, 0.05) is 12.3 Å². The van der Waals surface area contributed by atoms with Crippen molar-refractivity contribution < 1.29 is 4.79 Å². The summed E-state index contributed by atoms with van der Waals surface area (Å²) in [6, 6.07) is 0. The van der Waals surface area contributed by atoms with E-state index in [0.29, 0.717) is 27.4 Å². The SMILES string of the molecule is C[C@H]1C[C@@]2(C)[C@@H]3CCC(=O)[C@H](C)[C@@]3(C)CC[C@@H]2[C@@]2(C)CC[C@@]3(C)CCC(C)(C)C[C@H]3C12. The highest BCUT2D eigenvalue weighted by molar-refractivity contribution is 5.82. The fourth-order valence-electron chi connectivity index (χ4n) is 11.5. The van der Waals surface area contributed by atoms with E-state index in [1.807, 2.05) is 0 Å². The van der Waals surface area contributed by atoms with Crippen LogP contribution in [0.15, 0.2) is 0 Å². The molecule has 0 aliphatic heterocycles. The van der Waals surface area contributed by atoms with E-state index in [4.69, 9.17) is 0 Å². The van der Waals surface area contributed by atoms with E-state index in [-0.39, 0.29) is 11.3 Å². The standard InChI is InChI=1S/C30H50O/c1-19-17-30(8)23-10-9-22(31)20(2)28(23,6)12-11-24(30)29(7)16-15-27(5)14-13-26(3,4)18-21(27)25(19)29/h19-21,23-25H,9-18H2,1-8H3/t19-,20-,21-,23+,24+,25?,27+,28+,29+,30-/m0/s1. The van der Waals surface area contributed by atoms with Crippen molar-refractivity contribution in [3.63, 3.8) is 0 Å². The van der Waals surface area contributed by atoms with Gasteiger partial charge in [-0.25, -0.2) is 0 Å². The van der Waals surface area contributed by atoms with Crippen LogP contribution in [-0.4, -0.2) is 5.78 Å². The van der Waals surface area contributed by atoms with E-state index >= 15 is 0 Å². The van der Waals surface area contributed by atoms with Crippen LogP contribution in [0.25, 0.3) is 0 Å². The maximum absolute atomic E-state index is 12.7. The molecule has 5 rings (SSSR count). The third-order valence-corrected chi connectivity index (χ3v) is 13.2. The molecule has 0 saturated heterocycles. The van der Waals surface area contributed by atoms with Crippen molar-refractivity contribution in [2.75, 3.05) is 0 Å². The van der Waals surface area contributed by atoms with Gasteiger partial charge in [-0.15, -0.1) is 0 Å². The lowest BCUT2D eigenvalue weighted by Crippen LogP contribution is -2.66. The molecule has 31 heavy (non-hydrogen) atoms. The number of hydrogen-bond donors (Lipinski definition) is 0. The molecule has 0 N–H and O–H groups in total. The monoisotopic (exact) mass is 426 g/mol. The van der Waals surface area contributed by atoms with E-state index in [2.05, 4.69) is 55.4 Å². The van der Waals surface area contributed by atoms with Gasteiger partial charge >= 0.3 is 0 Å². The third-order valence-electron chi connectivity index (χ3n) is 13.2. The summed E-state index contributed by atoms with van der Waals surface area (Å²) in [4.78, 5) is 12.7. The fourth-order valence-corrected chi connectivity index (χ4v) is 11.5. The van der Waals surface area contributed by atoms with Gasteiger partial charge in [0.2, 0.25) is 0 Å². The molecule has 0 aromatic heterocycles. The maximum Gasteiger partial charge on any atom is 0.136 e. The highest BCUT2D eigenvalue weighted by Gasteiger charge is 2.68. The van der Waals surface area contributed by atoms with Gasteiger partial charge in [0.25, 0.3) is 0 Å². The van der Waals surface area contributed by atoms with E-state index in [1.165, 1.54) is 51.4 Å². The number of ketones is 1. The molecule has 5 aliphatic carbocycles. The molecule has 5 saturated carbocycles. The van der Waals surface area contributed by atoms with Gasteiger partial charge in [0.1, 0.15) is 5.78 Å². The summed E-state index contributed by atoms with van der Waals surface area (Å²) in [5, 5.41) is 0.